The summed E-state index contributed by atoms with van der Waals surface area (Å²) in [6, 6.07) is 11.3. The lowest BCUT2D eigenvalue weighted by atomic mass is 10.2. The van der Waals surface area contributed by atoms with E-state index >= 15 is 0 Å². The fourth-order valence-corrected chi connectivity index (χ4v) is 1.73. The first-order valence-corrected chi connectivity index (χ1v) is 6.77. The second-order valence-corrected chi connectivity index (χ2v) is 4.68. The molecule has 0 spiro atoms. The summed E-state index contributed by atoms with van der Waals surface area (Å²) in [5.41, 5.74) is 2.50. The largest absolute Gasteiger partial charge is 0.370 e. The lowest BCUT2D eigenvalue weighted by molar-refractivity contribution is 0.102. The number of anilines is 2. The predicted octanol–water partition coefficient (Wildman–Crippen LogP) is 3.46. The van der Waals surface area contributed by atoms with Crippen molar-refractivity contribution in [3.63, 3.8) is 0 Å². The highest BCUT2D eigenvalue weighted by atomic mass is 16.1. The number of amides is 1. The Kier molecular flexibility index (Phi) is 4.71. The maximum atomic E-state index is 12.1. The molecule has 1 aromatic carbocycles. The number of nitrogens with zero attached hydrogens (tertiary/aromatic N) is 1. The van der Waals surface area contributed by atoms with Crippen LogP contribution in [0.5, 0.6) is 0 Å². The summed E-state index contributed by atoms with van der Waals surface area (Å²) in [6.07, 6.45) is 2.62. The van der Waals surface area contributed by atoms with E-state index in [2.05, 4.69) is 22.5 Å². The van der Waals surface area contributed by atoms with Crippen molar-refractivity contribution in [2.75, 3.05) is 17.2 Å². The molecule has 0 saturated carbocycles. The van der Waals surface area contributed by atoms with Gasteiger partial charge in [0.15, 0.2) is 0 Å². The maximum Gasteiger partial charge on any atom is 0.257 e. The van der Waals surface area contributed by atoms with Gasteiger partial charge in [-0.3, -0.25) is 4.79 Å². The van der Waals surface area contributed by atoms with E-state index in [-0.39, 0.29) is 5.91 Å². The minimum atomic E-state index is -0.150. The number of nitrogens with one attached hydrogen (secondary N) is 2. The van der Waals surface area contributed by atoms with E-state index in [0.29, 0.717) is 5.56 Å². The minimum Gasteiger partial charge on any atom is -0.370 e. The Hall–Kier alpha value is -2.36. The summed E-state index contributed by atoms with van der Waals surface area (Å²) in [5.74, 6) is 0.641. The van der Waals surface area contributed by atoms with Crippen molar-refractivity contribution in [3.8, 4) is 0 Å². The number of aromatic nitrogens is 1. The van der Waals surface area contributed by atoms with Crippen LogP contribution in [-0.4, -0.2) is 17.4 Å². The Labute approximate surface area is 119 Å². The molecule has 0 aliphatic carbocycles. The van der Waals surface area contributed by atoms with Gasteiger partial charge < -0.3 is 10.6 Å². The molecule has 2 rings (SSSR count). The molecule has 0 saturated heterocycles. The minimum absolute atomic E-state index is 0.150. The van der Waals surface area contributed by atoms with Crippen LogP contribution in [0, 0.1) is 6.92 Å². The molecular formula is C16H19N3O. The average Bonchev–Trinajstić information content (AvgIpc) is 2.48. The van der Waals surface area contributed by atoms with Crippen LogP contribution in [0.1, 0.15) is 29.3 Å². The fraction of sp³-hybridized carbons (Fsp3) is 0.250. The van der Waals surface area contributed by atoms with Crippen LogP contribution in [0.15, 0.2) is 42.6 Å². The van der Waals surface area contributed by atoms with E-state index in [0.717, 1.165) is 30.0 Å². The van der Waals surface area contributed by atoms with E-state index in [1.165, 1.54) is 0 Å². The van der Waals surface area contributed by atoms with Crippen LogP contribution in [-0.2, 0) is 0 Å². The molecule has 1 amide bonds. The molecule has 0 radical (unpaired) electrons. The van der Waals surface area contributed by atoms with Gasteiger partial charge in [0.25, 0.3) is 5.91 Å². The summed E-state index contributed by atoms with van der Waals surface area (Å²) < 4.78 is 0. The number of pyridine rings is 1. The lowest BCUT2D eigenvalue weighted by Gasteiger charge is -2.07. The lowest BCUT2D eigenvalue weighted by Crippen LogP contribution is -2.12. The SMILES string of the molecule is CCCNc1ccc(C(=O)Nc2ccc(C)cc2)cn1. The average molecular weight is 269 g/mol. The number of carbonyl (C=O) groups excluding carboxylic acids is 1. The zero-order chi connectivity index (χ0) is 14.4. The van der Waals surface area contributed by atoms with Gasteiger partial charge in [0.05, 0.1) is 5.56 Å². The fourth-order valence-electron chi connectivity index (χ4n) is 1.73. The molecule has 0 aliphatic heterocycles. The first-order chi connectivity index (χ1) is 9.69. The van der Waals surface area contributed by atoms with Gasteiger partial charge in [0, 0.05) is 18.4 Å². The molecule has 4 heteroatoms. The van der Waals surface area contributed by atoms with Crippen LogP contribution >= 0.6 is 0 Å². The normalized spacial score (nSPS) is 10.1. The van der Waals surface area contributed by atoms with Crippen molar-refractivity contribution >= 4 is 17.4 Å². The number of carbonyl (C=O) groups is 1. The third-order valence-corrected chi connectivity index (χ3v) is 2.89. The summed E-state index contributed by atoms with van der Waals surface area (Å²) in [6.45, 7) is 4.98. The van der Waals surface area contributed by atoms with Gasteiger partial charge in [-0.2, -0.15) is 0 Å². The second kappa shape index (κ2) is 6.70. The highest BCUT2D eigenvalue weighted by Gasteiger charge is 2.06. The van der Waals surface area contributed by atoms with Crippen molar-refractivity contribution < 1.29 is 4.79 Å². The molecule has 1 heterocycles. The topological polar surface area (TPSA) is 54.0 Å². The van der Waals surface area contributed by atoms with Gasteiger partial charge >= 0.3 is 0 Å². The van der Waals surface area contributed by atoms with Crippen molar-refractivity contribution in [1.29, 1.82) is 0 Å². The Balaban J connectivity index is 2.00. The molecule has 20 heavy (non-hydrogen) atoms. The Morgan fingerprint density at radius 1 is 1.15 bits per heavy atom. The quantitative estimate of drug-likeness (QED) is 0.874. The van der Waals surface area contributed by atoms with E-state index in [9.17, 15) is 4.79 Å². The molecule has 0 aliphatic rings. The van der Waals surface area contributed by atoms with Gasteiger partial charge in [-0.25, -0.2) is 4.98 Å². The summed E-state index contributed by atoms with van der Waals surface area (Å²) in [5, 5.41) is 6.02. The van der Waals surface area contributed by atoms with Gasteiger partial charge in [-0.05, 0) is 37.6 Å². The van der Waals surface area contributed by atoms with E-state index < -0.39 is 0 Å². The third-order valence-electron chi connectivity index (χ3n) is 2.89. The third kappa shape index (κ3) is 3.82. The number of aryl methyl sites for hydroxylation is 1. The molecule has 0 atom stereocenters. The Morgan fingerprint density at radius 2 is 1.90 bits per heavy atom. The first kappa shape index (κ1) is 14.1. The zero-order valence-corrected chi connectivity index (χ0v) is 11.8. The van der Waals surface area contributed by atoms with Crippen LogP contribution in [0.2, 0.25) is 0 Å². The highest BCUT2D eigenvalue weighted by molar-refractivity contribution is 6.04. The van der Waals surface area contributed by atoms with Crippen LogP contribution < -0.4 is 10.6 Å². The molecule has 4 nitrogen and oxygen atoms in total. The van der Waals surface area contributed by atoms with Crippen LogP contribution in [0.25, 0.3) is 0 Å². The van der Waals surface area contributed by atoms with Crippen molar-refractivity contribution in [1.82, 2.24) is 4.98 Å². The number of hydrogen-bond donors (Lipinski definition) is 2. The van der Waals surface area contributed by atoms with Crippen LogP contribution in [0.3, 0.4) is 0 Å². The van der Waals surface area contributed by atoms with Crippen molar-refractivity contribution in [2.45, 2.75) is 20.3 Å². The summed E-state index contributed by atoms with van der Waals surface area (Å²) in [4.78, 5) is 16.3. The Bertz CT molecular complexity index is 561. The second-order valence-electron chi connectivity index (χ2n) is 4.68. The maximum absolute atomic E-state index is 12.1. The molecular weight excluding hydrogens is 250 g/mol. The van der Waals surface area contributed by atoms with Gasteiger partial charge in [-0.1, -0.05) is 24.6 Å². The molecule has 2 aromatic rings. The van der Waals surface area contributed by atoms with E-state index in [1.54, 1.807) is 12.3 Å². The van der Waals surface area contributed by atoms with Crippen molar-refractivity contribution in [3.05, 3.63) is 53.7 Å². The summed E-state index contributed by atoms with van der Waals surface area (Å²) >= 11 is 0. The first-order valence-electron chi connectivity index (χ1n) is 6.77. The molecule has 0 fully saturated rings. The van der Waals surface area contributed by atoms with Gasteiger partial charge in [0.1, 0.15) is 5.82 Å². The summed E-state index contributed by atoms with van der Waals surface area (Å²) in [7, 11) is 0. The molecule has 104 valence electrons. The predicted molar refractivity (Wildman–Crippen MR) is 82.1 cm³/mol. The molecule has 0 unspecified atom stereocenters. The highest BCUT2D eigenvalue weighted by Crippen LogP contribution is 2.11. The van der Waals surface area contributed by atoms with E-state index in [1.807, 2.05) is 37.3 Å². The van der Waals surface area contributed by atoms with Gasteiger partial charge in [0.2, 0.25) is 0 Å². The van der Waals surface area contributed by atoms with Gasteiger partial charge in [-0.15, -0.1) is 0 Å². The smallest absolute Gasteiger partial charge is 0.257 e. The standard InChI is InChI=1S/C16H19N3O/c1-3-10-17-15-9-6-13(11-18-15)16(20)19-14-7-4-12(2)5-8-14/h4-9,11H,3,10H2,1-2H3,(H,17,18)(H,19,20). The monoisotopic (exact) mass is 269 g/mol. The number of hydrogen-bond acceptors (Lipinski definition) is 3. The van der Waals surface area contributed by atoms with E-state index in [4.69, 9.17) is 0 Å². The van der Waals surface area contributed by atoms with Crippen LogP contribution in [0.4, 0.5) is 11.5 Å². The molecule has 2 N–H and O–H groups in total. The number of rotatable bonds is 5. The zero-order valence-electron chi connectivity index (χ0n) is 11.8. The molecule has 1 aromatic heterocycles. The van der Waals surface area contributed by atoms with Crippen molar-refractivity contribution in [2.24, 2.45) is 0 Å². The molecule has 0 bridgehead atoms. The Morgan fingerprint density at radius 3 is 2.50 bits per heavy atom. The number of benzene rings is 1.